The van der Waals surface area contributed by atoms with Gasteiger partial charge in [-0.15, -0.1) is 0 Å². The molecule has 5 nitrogen and oxygen atoms in total. The molecule has 0 amide bonds. The summed E-state index contributed by atoms with van der Waals surface area (Å²) in [5, 5.41) is 43.2. The minimum absolute atomic E-state index is 0.271. The Morgan fingerprint density at radius 3 is 2.55 bits per heavy atom. The number of halogens is 1. The first-order chi connectivity index (χ1) is 14.9. The first-order valence-corrected chi connectivity index (χ1v) is 11.4. The summed E-state index contributed by atoms with van der Waals surface area (Å²) >= 11 is 6.52. The van der Waals surface area contributed by atoms with Gasteiger partial charge in [0.15, 0.2) is 0 Å². The van der Waals surface area contributed by atoms with E-state index in [1.165, 1.54) is 0 Å². The van der Waals surface area contributed by atoms with E-state index in [0.29, 0.717) is 30.9 Å². The summed E-state index contributed by atoms with van der Waals surface area (Å²) in [6.07, 6.45) is 0.0624. The number of hydrogen-bond acceptors (Lipinski definition) is 5. The molecule has 6 heteroatoms. The second-order valence-electron chi connectivity index (χ2n) is 9.01. The molecule has 0 saturated heterocycles. The van der Waals surface area contributed by atoms with Crippen LogP contribution in [0.4, 0.5) is 0 Å². The topological polar surface area (TPSA) is 90.2 Å². The Bertz CT molecular complexity index is 917. The maximum absolute atomic E-state index is 11.4. The summed E-state index contributed by atoms with van der Waals surface area (Å²) in [5.41, 5.74) is 1.09. The molecule has 2 aromatic carbocycles. The fourth-order valence-electron chi connectivity index (χ4n) is 5.85. The zero-order valence-electron chi connectivity index (χ0n) is 17.8. The molecule has 0 heterocycles. The number of ether oxygens (including phenoxy) is 1. The molecule has 2 aliphatic rings. The van der Waals surface area contributed by atoms with Crippen molar-refractivity contribution in [1.82, 2.24) is 0 Å². The van der Waals surface area contributed by atoms with Gasteiger partial charge in [-0.05, 0) is 67.5 Å². The van der Waals surface area contributed by atoms with Crippen molar-refractivity contribution in [3.05, 3.63) is 64.2 Å². The van der Waals surface area contributed by atoms with Crippen LogP contribution in [0.15, 0.2) is 42.5 Å². The van der Waals surface area contributed by atoms with Gasteiger partial charge < -0.3 is 25.2 Å². The highest BCUT2D eigenvalue weighted by atomic mass is 35.5. The molecule has 2 saturated carbocycles. The first-order valence-electron chi connectivity index (χ1n) is 11.0. The molecule has 4 N–H and O–H groups in total. The normalized spacial score (nSPS) is 30.9. The van der Waals surface area contributed by atoms with Gasteiger partial charge in [-0.1, -0.05) is 42.3 Å². The molecule has 0 aromatic heterocycles. The monoisotopic (exact) mass is 446 g/mol. The van der Waals surface area contributed by atoms with Gasteiger partial charge in [0.05, 0.1) is 31.5 Å². The van der Waals surface area contributed by atoms with Crippen molar-refractivity contribution in [2.24, 2.45) is 5.41 Å². The molecule has 0 spiro atoms. The number of rotatable bonds is 7. The van der Waals surface area contributed by atoms with Crippen molar-refractivity contribution < 1.29 is 25.2 Å². The average molecular weight is 447 g/mol. The number of aliphatic hydroxyl groups excluding tert-OH is 4. The quantitative estimate of drug-likeness (QED) is 0.524. The van der Waals surface area contributed by atoms with Crippen molar-refractivity contribution in [3.63, 3.8) is 0 Å². The van der Waals surface area contributed by atoms with E-state index in [9.17, 15) is 20.4 Å². The Hall–Kier alpha value is -1.63. The van der Waals surface area contributed by atoms with E-state index in [0.717, 1.165) is 28.9 Å². The van der Waals surface area contributed by atoms with Crippen LogP contribution in [0.1, 0.15) is 49.3 Å². The van der Waals surface area contributed by atoms with Gasteiger partial charge in [-0.2, -0.15) is 0 Å². The fraction of sp³-hybridized carbons (Fsp3) is 0.520. The van der Waals surface area contributed by atoms with Crippen LogP contribution in [0.5, 0.6) is 5.75 Å². The smallest absolute Gasteiger partial charge is 0.119 e. The van der Waals surface area contributed by atoms with Crippen molar-refractivity contribution in [2.45, 2.75) is 62.8 Å². The summed E-state index contributed by atoms with van der Waals surface area (Å²) in [6.45, 7) is 2.14. The molecule has 5 atom stereocenters. The van der Waals surface area contributed by atoms with Gasteiger partial charge >= 0.3 is 0 Å². The van der Waals surface area contributed by atoms with Gasteiger partial charge in [0.1, 0.15) is 5.75 Å². The number of fused-ring (bicyclic) bond motifs is 2. The third-order valence-electron chi connectivity index (χ3n) is 7.48. The van der Waals surface area contributed by atoms with Crippen molar-refractivity contribution in [2.75, 3.05) is 13.2 Å². The SMILES string of the molecule is CCOc1ccc(Cc2cc(C34CCCC(C(O)CO)(CC3O)C4O)ccc2Cl)cc1. The predicted octanol–water partition coefficient (Wildman–Crippen LogP) is 3.22. The van der Waals surface area contributed by atoms with Crippen LogP contribution >= 0.6 is 11.6 Å². The van der Waals surface area contributed by atoms with Gasteiger partial charge in [-0.25, -0.2) is 0 Å². The highest BCUT2D eigenvalue weighted by Gasteiger charge is 2.66. The van der Waals surface area contributed by atoms with Crippen LogP contribution < -0.4 is 4.74 Å². The Kier molecular flexibility index (Phi) is 6.35. The molecular weight excluding hydrogens is 416 g/mol. The van der Waals surface area contributed by atoms with Crippen LogP contribution in [0.3, 0.4) is 0 Å². The minimum atomic E-state index is -1.06. The number of benzene rings is 2. The van der Waals surface area contributed by atoms with Gasteiger partial charge in [0, 0.05) is 15.9 Å². The molecule has 31 heavy (non-hydrogen) atoms. The van der Waals surface area contributed by atoms with E-state index in [2.05, 4.69) is 0 Å². The lowest BCUT2D eigenvalue weighted by molar-refractivity contribution is -0.111. The third-order valence-corrected chi connectivity index (χ3v) is 7.85. The zero-order chi connectivity index (χ0) is 22.2. The summed E-state index contributed by atoms with van der Waals surface area (Å²) < 4.78 is 5.51. The lowest BCUT2D eigenvalue weighted by atomic mass is 9.61. The van der Waals surface area contributed by atoms with Crippen molar-refractivity contribution >= 4 is 11.6 Å². The fourth-order valence-corrected chi connectivity index (χ4v) is 6.04. The maximum Gasteiger partial charge on any atom is 0.119 e. The van der Waals surface area contributed by atoms with E-state index in [4.69, 9.17) is 16.3 Å². The molecule has 2 fully saturated rings. The highest BCUT2D eigenvalue weighted by Crippen LogP contribution is 2.61. The summed E-state index contributed by atoms with van der Waals surface area (Å²) in [6, 6.07) is 13.6. The highest BCUT2D eigenvalue weighted by molar-refractivity contribution is 6.31. The van der Waals surface area contributed by atoms with Crippen LogP contribution in [0, 0.1) is 5.41 Å². The molecule has 0 radical (unpaired) electrons. The predicted molar refractivity (Wildman–Crippen MR) is 120 cm³/mol. The first kappa shape index (κ1) is 22.6. The second kappa shape index (κ2) is 8.72. The number of hydrogen-bond donors (Lipinski definition) is 4. The molecule has 168 valence electrons. The molecular formula is C25H31ClO5. The average Bonchev–Trinajstić information content (AvgIpc) is 2.88. The van der Waals surface area contributed by atoms with E-state index in [1.54, 1.807) is 0 Å². The summed E-state index contributed by atoms with van der Waals surface area (Å²) in [4.78, 5) is 0. The van der Waals surface area contributed by atoms with Crippen LogP contribution in [-0.2, 0) is 11.8 Å². The summed E-state index contributed by atoms with van der Waals surface area (Å²) in [5.74, 6) is 0.822. The van der Waals surface area contributed by atoms with Crippen molar-refractivity contribution in [1.29, 1.82) is 0 Å². The largest absolute Gasteiger partial charge is 0.494 e. The Labute approximate surface area is 188 Å². The van der Waals surface area contributed by atoms with Gasteiger partial charge in [0.2, 0.25) is 0 Å². The van der Waals surface area contributed by atoms with Gasteiger partial charge in [-0.3, -0.25) is 0 Å². The molecule has 5 unspecified atom stereocenters. The van der Waals surface area contributed by atoms with Crippen LogP contribution in [0.2, 0.25) is 5.02 Å². The molecule has 2 bridgehead atoms. The molecule has 2 aliphatic carbocycles. The number of aliphatic hydroxyl groups is 4. The third kappa shape index (κ3) is 3.66. The van der Waals surface area contributed by atoms with E-state index < -0.39 is 35.7 Å². The Morgan fingerprint density at radius 1 is 1.13 bits per heavy atom. The second-order valence-corrected chi connectivity index (χ2v) is 9.42. The van der Waals surface area contributed by atoms with Crippen molar-refractivity contribution in [3.8, 4) is 5.75 Å². The van der Waals surface area contributed by atoms with E-state index in [1.807, 2.05) is 49.4 Å². The van der Waals surface area contributed by atoms with Crippen LogP contribution in [-0.4, -0.2) is 52.0 Å². The zero-order valence-corrected chi connectivity index (χ0v) is 18.6. The van der Waals surface area contributed by atoms with E-state index in [-0.39, 0.29) is 6.42 Å². The molecule has 0 aliphatic heterocycles. The molecule has 4 rings (SSSR count). The molecule has 2 aromatic rings. The minimum Gasteiger partial charge on any atom is -0.494 e. The Morgan fingerprint density at radius 2 is 1.87 bits per heavy atom. The maximum atomic E-state index is 11.4. The Balaban J connectivity index is 1.67. The standard InChI is InChI=1S/C25H31ClO5/c1-2-31-19-7-4-16(5-8-19)12-17-13-18(6-9-20(17)26)25-11-3-10-24(23(25)30,14-21(25)28)22(29)15-27/h4-9,13,21-23,27-30H,2-3,10-12,14-15H2,1H3. The lowest BCUT2D eigenvalue weighted by Crippen LogP contribution is -2.54. The van der Waals surface area contributed by atoms with Gasteiger partial charge in [0.25, 0.3) is 0 Å². The lowest BCUT2D eigenvalue weighted by Gasteiger charge is -2.47. The van der Waals surface area contributed by atoms with E-state index >= 15 is 0 Å². The van der Waals surface area contributed by atoms with Crippen LogP contribution in [0.25, 0.3) is 0 Å². The summed E-state index contributed by atoms with van der Waals surface area (Å²) in [7, 11) is 0.